The number of anilines is 1. The Morgan fingerprint density at radius 1 is 1.16 bits per heavy atom. The van der Waals surface area contributed by atoms with Gasteiger partial charge in [0.1, 0.15) is 11.5 Å². The lowest BCUT2D eigenvalue weighted by atomic mass is 9.98. The minimum absolute atomic E-state index is 0.0284. The van der Waals surface area contributed by atoms with Gasteiger partial charge >= 0.3 is 6.18 Å². The maximum Gasteiger partial charge on any atom is 0.433 e. The molecule has 9 heteroatoms. The summed E-state index contributed by atoms with van der Waals surface area (Å²) in [6.07, 6.45) is -2.88. The predicted octanol–water partition coefficient (Wildman–Crippen LogP) is 5.03. The zero-order valence-electron chi connectivity index (χ0n) is 17.3. The van der Waals surface area contributed by atoms with E-state index in [0.717, 1.165) is 31.0 Å². The summed E-state index contributed by atoms with van der Waals surface area (Å²) >= 11 is 0. The Balaban J connectivity index is 1.78. The molecule has 2 aromatic rings. The van der Waals surface area contributed by atoms with E-state index >= 15 is 0 Å². The van der Waals surface area contributed by atoms with Crippen molar-refractivity contribution in [1.82, 2.24) is 10.3 Å². The first-order valence-electron chi connectivity index (χ1n) is 10.1. The van der Waals surface area contributed by atoms with Crippen LogP contribution < -0.4 is 10.2 Å². The normalized spacial score (nSPS) is 16.3. The average molecular weight is 441 g/mol. The first kappa shape index (κ1) is 23.0. The first-order chi connectivity index (χ1) is 14.6. The van der Waals surface area contributed by atoms with E-state index in [1.165, 1.54) is 12.1 Å². The molecule has 0 aliphatic carbocycles. The number of halogens is 5. The number of alkyl halides is 3. The summed E-state index contributed by atoms with van der Waals surface area (Å²) in [5.41, 5.74) is -0.216. The highest BCUT2D eigenvalue weighted by atomic mass is 19.4. The number of amides is 1. The van der Waals surface area contributed by atoms with E-state index in [1.807, 2.05) is 4.90 Å². The van der Waals surface area contributed by atoms with Crippen molar-refractivity contribution in [2.75, 3.05) is 18.0 Å². The molecule has 1 amide bonds. The van der Waals surface area contributed by atoms with E-state index in [1.54, 1.807) is 6.92 Å². The minimum Gasteiger partial charge on any atom is -0.356 e. The van der Waals surface area contributed by atoms with Crippen LogP contribution in [0.3, 0.4) is 0 Å². The van der Waals surface area contributed by atoms with E-state index in [9.17, 15) is 26.7 Å². The fourth-order valence-electron chi connectivity index (χ4n) is 3.54. The highest BCUT2D eigenvalue weighted by molar-refractivity contribution is 5.83. The van der Waals surface area contributed by atoms with Crippen LogP contribution in [-0.2, 0) is 17.5 Å². The standard InChI is InChI=1S/C22H24F5N3O/c1-13-7-9-30(10-8-13)20-16(4-6-19(29-20)22(25,26)27)12-28-21(31)14(2)15-3-5-17(23)18(24)11-15/h3-6,11,13-14H,7-10,12H2,1-2H3,(H,28,31). The van der Waals surface area contributed by atoms with Gasteiger partial charge in [-0.05, 0) is 49.4 Å². The lowest BCUT2D eigenvalue weighted by molar-refractivity contribution is -0.141. The second-order valence-corrected chi connectivity index (χ2v) is 7.96. The van der Waals surface area contributed by atoms with Gasteiger partial charge in [-0.15, -0.1) is 0 Å². The summed E-state index contributed by atoms with van der Waals surface area (Å²) in [6.45, 7) is 4.78. The fraction of sp³-hybridized carbons (Fsp3) is 0.455. The number of carbonyl (C=O) groups is 1. The van der Waals surface area contributed by atoms with Crippen molar-refractivity contribution in [3.05, 3.63) is 58.8 Å². The smallest absolute Gasteiger partial charge is 0.356 e. The predicted molar refractivity (Wildman–Crippen MR) is 106 cm³/mol. The summed E-state index contributed by atoms with van der Waals surface area (Å²) in [5.74, 6) is -2.58. The van der Waals surface area contributed by atoms with Gasteiger partial charge < -0.3 is 10.2 Å². The Bertz CT molecular complexity index is 939. The quantitative estimate of drug-likeness (QED) is 0.662. The average Bonchev–Trinajstić information content (AvgIpc) is 2.73. The topological polar surface area (TPSA) is 45.2 Å². The molecule has 0 saturated carbocycles. The van der Waals surface area contributed by atoms with Crippen molar-refractivity contribution in [3.8, 4) is 0 Å². The maximum atomic E-state index is 13.5. The number of nitrogens with one attached hydrogen (secondary N) is 1. The Morgan fingerprint density at radius 2 is 1.84 bits per heavy atom. The third-order valence-electron chi connectivity index (χ3n) is 5.62. The number of piperidine rings is 1. The van der Waals surface area contributed by atoms with E-state index in [2.05, 4.69) is 17.2 Å². The number of hydrogen-bond donors (Lipinski definition) is 1. The monoisotopic (exact) mass is 441 g/mol. The van der Waals surface area contributed by atoms with Crippen molar-refractivity contribution >= 4 is 11.7 Å². The summed E-state index contributed by atoms with van der Waals surface area (Å²) < 4.78 is 66.2. The Hall–Kier alpha value is -2.71. The van der Waals surface area contributed by atoms with Gasteiger partial charge in [0.2, 0.25) is 5.91 Å². The molecule has 0 radical (unpaired) electrons. The Kier molecular flexibility index (Phi) is 6.81. The van der Waals surface area contributed by atoms with Crippen molar-refractivity contribution in [2.24, 2.45) is 5.92 Å². The van der Waals surface area contributed by atoms with E-state index in [4.69, 9.17) is 0 Å². The molecule has 1 aromatic carbocycles. The SMILES string of the molecule is CC1CCN(c2nc(C(F)(F)F)ccc2CNC(=O)C(C)c2ccc(F)c(F)c2)CC1. The number of carbonyl (C=O) groups excluding carboxylic acids is 1. The van der Waals surface area contributed by atoms with Crippen molar-refractivity contribution in [3.63, 3.8) is 0 Å². The van der Waals surface area contributed by atoms with Crippen LogP contribution >= 0.6 is 0 Å². The van der Waals surface area contributed by atoms with E-state index in [-0.39, 0.29) is 12.4 Å². The third kappa shape index (κ3) is 5.51. The lowest BCUT2D eigenvalue weighted by Crippen LogP contribution is -2.35. The summed E-state index contributed by atoms with van der Waals surface area (Å²) in [5, 5.41) is 2.67. The third-order valence-corrected chi connectivity index (χ3v) is 5.62. The maximum absolute atomic E-state index is 13.5. The van der Waals surface area contributed by atoms with Gasteiger partial charge in [0.25, 0.3) is 0 Å². The summed E-state index contributed by atoms with van der Waals surface area (Å²) in [6, 6.07) is 5.45. The van der Waals surface area contributed by atoms with Crippen molar-refractivity contribution in [2.45, 2.75) is 45.3 Å². The van der Waals surface area contributed by atoms with Gasteiger partial charge in [0.05, 0.1) is 5.92 Å². The Morgan fingerprint density at radius 3 is 2.45 bits per heavy atom. The molecule has 3 rings (SSSR count). The number of aromatic nitrogens is 1. The molecule has 0 bridgehead atoms. The van der Waals surface area contributed by atoms with Crippen molar-refractivity contribution < 1.29 is 26.7 Å². The number of rotatable bonds is 5. The molecular weight excluding hydrogens is 417 g/mol. The van der Waals surface area contributed by atoms with Gasteiger partial charge in [0.15, 0.2) is 11.6 Å². The largest absolute Gasteiger partial charge is 0.433 e. The second-order valence-electron chi connectivity index (χ2n) is 7.96. The Labute approximate surface area is 177 Å². The van der Waals surface area contributed by atoms with Crippen LogP contribution in [0.2, 0.25) is 0 Å². The van der Waals surface area contributed by atoms with Crippen LogP contribution in [0.5, 0.6) is 0 Å². The number of benzene rings is 1. The van der Waals surface area contributed by atoms with E-state index in [0.29, 0.717) is 30.1 Å². The van der Waals surface area contributed by atoms with Gasteiger partial charge in [-0.3, -0.25) is 4.79 Å². The molecule has 1 aliphatic heterocycles. The van der Waals surface area contributed by atoms with Gasteiger partial charge in [-0.2, -0.15) is 13.2 Å². The van der Waals surface area contributed by atoms with Crippen LogP contribution in [-0.4, -0.2) is 24.0 Å². The summed E-state index contributed by atoms with van der Waals surface area (Å²) in [4.78, 5) is 18.2. The van der Waals surface area contributed by atoms with Gasteiger partial charge in [-0.25, -0.2) is 13.8 Å². The zero-order valence-corrected chi connectivity index (χ0v) is 17.3. The van der Waals surface area contributed by atoms with Crippen LogP contribution in [0.4, 0.5) is 27.8 Å². The van der Waals surface area contributed by atoms with E-state index < -0.39 is 35.3 Å². The first-order valence-corrected chi connectivity index (χ1v) is 10.1. The van der Waals surface area contributed by atoms with Crippen LogP contribution in [0, 0.1) is 17.6 Å². The summed E-state index contributed by atoms with van der Waals surface area (Å²) in [7, 11) is 0. The van der Waals surface area contributed by atoms with Gasteiger partial charge in [-0.1, -0.05) is 19.1 Å². The fourth-order valence-corrected chi connectivity index (χ4v) is 3.54. The molecular formula is C22H24F5N3O. The molecule has 31 heavy (non-hydrogen) atoms. The van der Waals surface area contributed by atoms with Gasteiger partial charge in [0, 0.05) is 25.2 Å². The van der Waals surface area contributed by atoms with Crippen LogP contribution in [0.15, 0.2) is 30.3 Å². The molecule has 1 aliphatic rings. The van der Waals surface area contributed by atoms with Crippen LogP contribution in [0.1, 0.15) is 49.4 Å². The molecule has 1 atom stereocenters. The molecule has 2 heterocycles. The lowest BCUT2D eigenvalue weighted by Gasteiger charge is -2.33. The van der Waals surface area contributed by atoms with Crippen LogP contribution in [0.25, 0.3) is 0 Å². The molecule has 1 saturated heterocycles. The molecule has 0 spiro atoms. The minimum atomic E-state index is -4.57. The highest BCUT2D eigenvalue weighted by Gasteiger charge is 2.34. The second kappa shape index (κ2) is 9.20. The highest BCUT2D eigenvalue weighted by Crippen LogP contribution is 2.32. The molecule has 1 fully saturated rings. The molecule has 1 N–H and O–H groups in total. The number of nitrogens with zero attached hydrogens (tertiary/aromatic N) is 2. The van der Waals surface area contributed by atoms with Crippen molar-refractivity contribution in [1.29, 1.82) is 0 Å². The molecule has 168 valence electrons. The zero-order chi connectivity index (χ0) is 22.8. The molecule has 1 aromatic heterocycles. The molecule has 4 nitrogen and oxygen atoms in total. The number of hydrogen-bond acceptors (Lipinski definition) is 3. The number of pyridine rings is 1. The molecule has 1 unspecified atom stereocenters.